The van der Waals surface area contributed by atoms with Crippen molar-refractivity contribution < 1.29 is 13.2 Å². The van der Waals surface area contributed by atoms with Crippen molar-refractivity contribution >= 4 is 0 Å². The average molecular weight is 279 g/mol. The molecule has 0 amide bonds. The van der Waals surface area contributed by atoms with Crippen LogP contribution in [0.1, 0.15) is 13.8 Å². The van der Waals surface area contributed by atoms with Crippen molar-refractivity contribution in [2.75, 3.05) is 45.8 Å². The van der Waals surface area contributed by atoms with E-state index in [1.165, 1.54) is 4.90 Å². The standard InChI is InChI=1S/C13H24F3N3/c1-11(2)17-8-12(3)9-18-4-6-19(7-5-18)10-13(14,15)16/h11,17H,3-10H2,1-2H3. The predicted octanol–water partition coefficient (Wildman–Crippen LogP) is 1.72. The predicted molar refractivity (Wildman–Crippen MR) is 71.2 cm³/mol. The zero-order chi connectivity index (χ0) is 14.5. The van der Waals surface area contributed by atoms with E-state index in [4.69, 9.17) is 0 Å². The maximum Gasteiger partial charge on any atom is 0.401 e. The minimum Gasteiger partial charge on any atom is -0.311 e. The summed E-state index contributed by atoms with van der Waals surface area (Å²) in [6.45, 7) is 11.2. The van der Waals surface area contributed by atoms with E-state index in [-0.39, 0.29) is 0 Å². The highest BCUT2D eigenvalue weighted by Crippen LogP contribution is 2.17. The summed E-state index contributed by atoms with van der Waals surface area (Å²) in [7, 11) is 0. The van der Waals surface area contributed by atoms with Crippen molar-refractivity contribution in [3.63, 3.8) is 0 Å². The van der Waals surface area contributed by atoms with E-state index >= 15 is 0 Å². The molecule has 1 fully saturated rings. The molecule has 0 atom stereocenters. The SMILES string of the molecule is C=C(CNC(C)C)CN1CCN(CC(F)(F)F)CC1. The van der Waals surface area contributed by atoms with Gasteiger partial charge in [0.2, 0.25) is 0 Å². The Hall–Kier alpha value is -0.590. The van der Waals surface area contributed by atoms with Crippen molar-refractivity contribution in [1.82, 2.24) is 15.1 Å². The Morgan fingerprint density at radius 3 is 2.16 bits per heavy atom. The first-order valence-electron chi connectivity index (χ1n) is 6.68. The maximum absolute atomic E-state index is 12.2. The molecule has 0 bridgehead atoms. The molecule has 1 N–H and O–H groups in total. The third-order valence-electron chi connectivity index (χ3n) is 3.08. The van der Waals surface area contributed by atoms with Crippen molar-refractivity contribution in [3.05, 3.63) is 12.2 Å². The lowest BCUT2D eigenvalue weighted by Crippen LogP contribution is -2.49. The molecule has 0 radical (unpaired) electrons. The first-order valence-corrected chi connectivity index (χ1v) is 6.68. The topological polar surface area (TPSA) is 18.5 Å². The van der Waals surface area contributed by atoms with Gasteiger partial charge in [0.25, 0.3) is 0 Å². The van der Waals surface area contributed by atoms with Gasteiger partial charge < -0.3 is 5.32 Å². The number of hydrogen-bond donors (Lipinski definition) is 1. The molecule has 112 valence electrons. The van der Waals surface area contributed by atoms with Crippen molar-refractivity contribution in [2.45, 2.75) is 26.1 Å². The van der Waals surface area contributed by atoms with Crippen LogP contribution in [0.5, 0.6) is 0 Å². The van der Waals surface area contributed by atoms with Crippen LogP contribution < -0.4 is 5.32 Å². The highest BCUT2D eigenvalue weighted by atomic mass is 19.4. The minimum absolute atomic E-state index is 0.417. The molecule has 1 heterocycles. The second kappa shape index (κ2) is 7.26. The summed E-state index contributed by atoms with van der Waals surface area (Å²) in [5.41, 5.74) is 1.08. The Morgan fingerprint density at radius 1 is 1.16 bits per heavy atom. The molecule has 1 aliphatic heterocycles. The van der Waals surface area contributed by atoms with E-state index in [1.807, 2.05) is 0 Å². The van der Waals surface area contributed by atoms with Crippen LogP contribution >= 0.6 is 0 Å². The van der Waals surface area contributed by atoms with Gasteiger partial charge >= 0.3 is 6.18 Å². The second-order valence-corrected chi connectivity index (χ2v) is 5.45. The largest absolute Gasteiger partial charge is 0.401 e. The molecule has 19 heavy (non-hydrogen) atoms. The lowest BCUT2D eigenvalue weighted by molar-refractivity contribution is -0.149. The van der Waals surface area contributed by atoms with Gasteiger partial charge in [-0.15, -0.1) is 0 Å². The van der Waals surface area contributed by atoms with Gasteiger partial charge in [-0.05, 0) is 5.57 Å². The first-order chi connectivity index (χ1) is 8.76. The van der Waals surface area contributed by atoms with Gasteiger partial charge in [0, 0.05) is 45.3 Å². The summed E-state index contributed by atoms with van der Waals surface area (Å²) in [6.07, 6.45) is -4.09. The molecule has 0 aliphatic carbocycles. The van der Waals surface area contributed by atoms with Crippen molar-refractivity contribution in [3.8, 4) is 0 Å². The monoisotopic (exact) mass is 279 g/mol. The molecule has 0 aromatic heterocycles. The van der Waals surface area contributed by atoms with Crippen LogP contribution in [0.3, 0.4) is 0 Å². The van der Waals surface area contributed by atoms with Crippen LogP contribution in [0.2, 0.25) is 0 Å². The van der Waals surface area contributed by atoms with E-state index in [1.54, 1.807) is 0 Å². The Morgan fingerprint density at radius 2 is 1.68 bits per heavy atom. The minimum atomic E-state index is -4.09. The van der Waals surface area contributed by atoms with Crippen LogP contribution in [-0.4, -0.2) is 67.8 Å². The zero-order valence-electron chi connectivity index (χ0n) is 11.8. The molecule has 1 saturated heterocycles. The van der Waals surface area contributed by atoms with Gasteiger partial charge in [-0.25, -0.2) is 0 Å². The normalized spacial score (nSPS) is 19.1. The number of rotatable bonds is 6. The molecule has 0 aromatic rings. The fourth-order valence-electron chi connectivity index (χ4n) is 2.08. The summed E-state index contributed by atoms with van der Waals surface area (Å²) >= 11 is 0. The van der Waals surface area contributed by atoms with Gasteiger partial charge in [0.1, 0.15) is 0 Å². The average Bonchev–Trinajstić information content (AvgIpc) is 2.27. The fraction of sp³-hybridized carbons (Fsp3) is 0.846. The summed E-state index contributed by atoms with van der Waals surface area (Å²) in [5.74, 6) is 0. The summed E-state index contributed by atoms with van der Waals surface area (Å²) in [5, 5.41) is 3.29. The number of halogens is 3. The number of nitrogens with zero attached hydrogens (tertiary/aromatic N) is 2. The zero-order valence-corrected chi connectivity index (χ0v) is 11.8. The molecule has 0 aromatic carbocycles. The highest BCUT2D eigenvalue weighted by molar-refractivity contribution is 5.00. The van der Waals surface area contributed by atoms with Gasteiger partial charge in [0.05, 0.1) is 6.54 Å². The van der Waals surface area contributed by atoms with Crippen LogP contribution in [0.4, 0.5) is 13.2 Å². The Bertz CT molecular complexity index is 281. The second-order valence-electron chi connectivity index (χ2n) is 5.45. The number of alkyl halides is 3. The Balaban J connectivity index is 2.21. The molecule has 0 unspecified atom stereocenters. The lowest BCUT2D eigenvalue weighted by atomic mass is 10.2. The van der Waals surface area contributed by atoms with Gasteiger partial charge in [-0.2, -0.15) is 13.2 Å². The third kappa shape index (κ3) is 7.54. The quantitative estimate of drug-likeness (QED) is 0.747. The molecule has 0 saturated carbocycles. The molecule has 6 heteroatoms. The van der Waals surface area contributed by atoms with Crippen molar-refractivity contribution in [2.24, 2.45) is 0 Å². The number of nitrogens with one attached hydrogen (secondary N) is 1. The van der Waals surface area contributed by atoms with E-state index in [2.05, 4.69) is 30.6 Å². The van der Waals surface area contributed by atoms with Gasteiger partial charge in [0.15, 0.2) is 0 Å². The van der Waals surface area contributed by atoms with E-state index in [9.17, 15) is 13.2 Å². The van der Waals surface area contributed by atoms with E-state index in [0.29, 0.717) is 32.2 Å². The van der Waals surface area contributed by atoms with Crippen LogP contribution in [0.25, 0.3) is 0 Å². The van der Waals surface area contributed by atoms with E-state index in [0.717, 1.165) is 18.7 Å². The van der Waals surface area contributed by atoms with Crippen LogP contribution in [0.15, 0.2) is 12.2 Å². The molecule has 1 rings (SSSR count). The Labute approximate surface area is 113 Å². The molecular formula is C13H24F3N3. The van der Waals surface area contributed by atoms with Crippen LogP contribution in [-0.2, 0) is 0 Å². The molecule has 3 nitrogen and oxygen atoms in total. The fourth-order valence-corrected chi connectivity index (χ4v) is 2.08. The molecular weight excluding hydrogens is 255 g/mol. The smallest absolute Gasteiger partial charge is 0.311 e. The van der Waals surface area contributed by atoms with Gasteiger partial charge in [-0.1, -0.05) is 20.4 Å². The lowest BCUT2D eigenvalue weighted by Gasteiger charge is -2.35. The molecule has 0 spiro atoms. The van der Waals surface area contributed by atoms with Gasteiger partial charge in [-0.3, -0.25) is 9.80 Å². The number of hydrogen-bond acceptors (Lipinski definition) is 3. The van der Waals surface area contributed by atoms with E-state index < -0.39 is 12.7 Å². The Kier molecular flexibility index (Phi) is 6.29. The maximum atomic E-state index is 12.2. The summed E-state index contributed by atoms with van der Waals surface area (Å²) in [6, 6.07) is 0.417. The highest BCUT2D eigenvalue weighted by Gasteiger charge is 2.32. The van der Waals surface area contributed by atoms with Crippen molar-refractivity contribution in [1.29, 1.82) is 0 Å². The number of piperazine rings is 1. The van der Waals surface area contributed by atoms with Crippen LogP contribution in [0, 0.1) is 0 Å². The third-order valence-corrected chi connectivity index (χ3v) is 3.08. The summed E-state index contributed by atoms with van der Waals surface area (Å²) < 4.78 is 36.7. The summed E-state index contributed by atoms with van der Waals surface area (Å²) in [4.78, 5) is 3.63. The molecule has 1 aliphatic rings. The first kappa shape index (κ1) is 16.5.